The predicted molar refractivity (Wildman–Crippen MR) is 130 cm³/mol. The highest BCUT2D eigenvalue weighted by molar-refractivity contribution is 7.99. The number of nitrogens with zero attached hydrogens (tertiary/aromatic N) is 3. The molecule has 1 aliphatic rings. The van der Waals surface area contributed by atoms with E-state index in [1.165, 1.54) is 11.1 Å². The molecule has 2 N–H and O–H groups in total. The molecule has 33 heavy (non-hydrogen) atoms. The quantitative estimate of drug-likeness (QED) is 0.356. The Balaban J connectivity index is 1.29. The Labute approximate surface area is 198 Å². The zero-order chi connectivity index (χ0) is 23.1. The molecular formula is C25H29N5O2S. The minimum atomic E-state index is -0.365. The van der Waals surface area contributed by atoms with Crippen molar-refractivity contribution in [3.8, 4) is 11.1 Å². The molecule has 2 amide bonds. The second kappa shape index (κ2) is 10.7. The van der Waals surface area contributed by atoms with Crippen LogP contribution in [0.15, 0.2) is 66.1 Å². The van der Waals surface area contributed by atoms with E-state index in [0.29, 0.717) is 25.8 Å². The third-order valence-electron chi connectivity index (χ3n) is 5.99. The lowest BCUT2D eigenvalue weighted by molar-refractivity contribution is -0.122. The van der Waals surface area contributed by atoms with Crippen molar-refractivity contribution in [1.29, 1.82) is 0 Å². The first-order valence-electron chi connectivity index (χ1n) is 11.2. The van der Waals surface area contributed by atoms with E-state index < -0.39 is 0 Å². The van der Waals surface area contributed by atoms with E-state index in [1.807, 2.05) is 29.8 Å². The summed E-state index contributed by atoms with van der Waals surface area (Å²) in [5.74, 6) is 0.804. The third kappa shape index (κ3) is 6.22. The van der Waals surface area contributed by atoms with E-state index in [0.717, 1.165) is 29.3 Å². The third-order valence-corrected chi connectivity index (χ3v) is 7.03. The summed E-state index contributed by atoms with van der Waals surface area (Å²) < 4.78 is 1.85. The van der Waals surface area contributed by atoms with Gasteiger partial charge in [-0.15, -0.1) is 10.2 Å². The molecule has 1 aromatic heterocycles. The van der Waals surface area contributed by atoms with E-state index >= 15 is 0 Å². The van der Waals surface area contributed by atoms with Gasteiger partial charge in [0.15, 0.2) is 5.16 Å². The van der Waals surface area contributed by atoms with E-state index in [2.05, 4.69) is 57.2 Å². The average molecular weight is 464 g/mol. The van der Waals surface area contributed by atoms with Gasteiger partial charge in [0.2, 0.25) is 11.8 Å². The molecule has 2 aromatic carbocycles. The molecule has 7 nitrogen and oxygen atoms in total. The maximum atomic E-state index is 12.4. The number of hydrogen-bond donors (Lipinski definition) is 2. The molecule has 0 aliphatic carbocycles. The van der Waals surface area contributed by atoms with Crippen LogP contribution in [0.2, 0.25) is 0 Å². The highest BCUT2D eigenvalue weighted by Gasteiger charge is 2.37. The molecule has 172 valence electrons. The van der Waals surface area contributed by atoms with Gasteiger partial charge in [-0.25, -0.2) is 0 Å². The number of carbonyl (C=O) groups is 2. The summed E-state index contributed by atoms with van der Waals surface area (Å²) in [5.41, 5.74) is 3.15. The van der Waals surface area contributed by atoms with E-state index in [4.69, 9.17) is 0 Å². The molecule has 1 fully saturated rings. The molecule has 0 spiro atoms. The van der Waals surface area contributed by atoms with Gasteiger partial charge in [-0.2, -0.15) is 0 Å². The van der Waals surface area contributed by atoms with Gasteiger partial charge in [0.1, 0.15) is 6.33 Å². The molecule has 3 aromatic rings. The van der Waals surface area contributed by atoms with Crippen molar-refractivity contribution in [2.24, 2.45) is 7.05 Å². The zero-order valence-corrected chi connectivity index (χ0v) is 19.6. The first-order chi connectivity index (χ1) is 16.0. The van der Waals surface area contributed by atoms with Crippen LogP contribution in [0.1, 0.15) is 31.2 Å². The van der Waals surface area contributed by atoms with Gasteiger partial charge in [-0.05, 0) is 36.0 Å². The lowest BCUT2D eigenvalue weighted by Crippen LogP contribution is -2.44. The van der Waals surface area contributed by atoms with Gasteiger partial charge in [0.05, 0.1) is 0 Å². The maximum absolute atomic E-state index is 12.4. The van der Waals surface area contributed by atoms with E-state index in [1.54, 1.807) is 18.1 Å². The van der Waals surface area contributed by atoms with Crippen LogP contribution in [-0.2, 0) is 23.1 Å². The lowest BCUT2D eigenvalue weighted by atomic mass is 9.84. The Morgan fingerprint density at radius 1 is 1.15 bits per heavy atom. The number of aryl methyl sites for hydroxylation is 1. The summed E-state index contributed by atoms with van der Waals surface area (Å²) in [6.45, 7) is 0.566. The fourth-order valence-electron chi connectivity index (χ4n) is 4.20. The summed E-state index contributed by atoms with van der Waals surface area (Å²) in [6.07, 6.45) is 4.66. The number of hydrogen-bond acceptors (Lipinski definition) is 5. The number of amides is 2. The van der Waals surface area contributed by atoms with Crippen molar-refractivity contribution in [2.75, 3.05) is 12.3 Å². The van der Waals surface area contributed by atoms with Crippen molar-refractivity contribution in [2.45, 2.75) is 42.8 Å². The van der Waals surface area contributed by atoms with Crippen molar-refractivity contribution >= 4 is 23.6 Å². The predicted octanol–water partition coefficient (Wildman–Crippen LogP) is 3.36. The Morgan fingerprint density at radius 2 is 1.91 bits per heavy atom. The zero-order valence-electron chi connectivity index (χ0n) is 18.8. The number of thioether (sulfide) groups is 1. The molecule has 0 unspecified atom stereocenters. The second-order valence-electron chi connectivity index (χ2n) is 8.49. The van der Waals surface area contributed by atoms with Gasteiger partial charge in [-0.1, -0.05) is 66.4 Å². The Morgan fingerprint density at radius 3 is 2.58 bits per heavy atom. The number of aromatic nitrogens is 3. The number of rotatable bonds is 10. The van der Waals surface area contributed by atoms with Crippen molar-refractivity contribution in [3.63, 3.8) is 0 Å². The van der Waals surface area contributed by atoms with Crippen LogP contribution < -0.4 is 10.6 Å². The summed E-state index contributed by atoms with van der Waals surface area (Å²) in [5, 5.41) is 14.8. The highest BCUT2D eigenvalue weighted by atomic mass is 32.2. The van der Waals surface area contributed by atoms with Gasteiger partial charge in [0.25, 0.3) is 0 Å². The molecule has 8 heteroatoms. The minimum absolute atomic E-state index is 0.00788. The van der Waals surface area contributed by atoms with Crippen LogP contribution in [0.3, 0.4) is 0 Å². The van der Waals surface area contributed by atoms with Crippen LogP contribution >= 0.6 is 11.8 Å². The first kappa shape index (κ1) is 23.0. The molecular weight excluding hydrogens is 434 g/mol. The largest absolute Gasteiger partial charge is 0.355 e. The van der Waals surface area contributed by atoms with Gasteiger partial charge in [0, 0.05) is 37.7 Å². The number of benzene rings is 2. The monoisotopic (exact) mass is 463 g/mol. The lowest BCUT2D eigenvalue weighted by Gasteiger charge is -2.29. The normalized spacial score (nSPS) is 17.7. The Hall–Kier alpha value is -3.13. The van der Waals surface area contributed by atoms with Gasteiger partial charge in [-0.3, -0.25) is 9.59 Å². The van der Waals surface area contributed by atoms with Crippen LogP contribution in [0, 0.1) is 0 Å². The Kier molecular flexibility index (Phi) is 7.44. The summed E-state index contributed by atoms with van der Waals surface area (Å²) in [4.78, 5) is 24.5. The first-order valence-corrected chi connectivity index (χ1v) is 12.2. The van der Waals surface area contributed by atoms with E-state index in [-0.39, 0.29) is 17.4 Å². The smallest absolute Gasteiger partial charge is 0.220 e. The van der Waals surface area contributed by atoms with Crippen LogP contribution in [0.5, 0.6) is 0 Å². The molecule has 2 heterocycles. The number of carbonyl (C=O) groups excluding carboxylic acids is 2. The minimum Gasteiger partial charge on any atom is -0.355 e. The SMILES string of the molecule is Cn1cnnc1SCCNC(=O)CC[C@@]1(Cc2ccc(-c3ccccc3)cc2)CCC(=O)N1. The number of nitrogens with one attached hydrogen (secondary N) is 2. The molecule has 4 rings (SSSR count). The standard InChI is InChI=1S/C25H29N5O2S/c1-30-18-27-29-24(30)33-16-15-26-22(31)11-13-25(14-12-23(32)28-25)17-19-7-9-21(10-8-19)20-5-3-2-4-6-20/h2-10,18H,11-17H2,1H3,(H,26,31)(H,28,32)/t25-/m0/s1. The maximum Gasteiger partial charge on any atom is 0.220 e. The molecule has 1 aliphatic heterocycles. The summed E-state index contributed by atoms with van der Waals surface area (Å²) in [6, 6.07) is 18.8. The highest BCUT2D eigenvalue weighted by Crippen LogP contribution is 2.30. The van der Waals surface area contributed by atoms with Crippen molar-refractivity contribution in [1.82, 2.24) is 25.4 Å². The molecule has 0 bridgehead atoms. The van der Waals surface area contributed by atoms with Crippen LogP contribution in [0.25, 0.3) is 11.1 Å². The van der Waals surface area contributed by atoms with Crippen LogP contribution in [0.4, 0.5) is 0 Å². The molecule has 1 saturated heterocycles. The topological polar surface area (TPSA) is 88.9 Å². The van der Waals surface area contributed by atoms with E-state index in [9.17, 15) is 9.59 Å². The van der Waals surface area contributed by atoms with Crippen molar-refractivity contribution in [3.05, 3.63) is 66.5 Å². The van der Waals surface area contributed by atoms with Crippen LogP contribution in [-0.4, -0.2) is 44.4 Å². The van der Waals surface area contributed by atoms with Gasteiger partial charge >= 0.3 is 0 Å². The average Bonchev–Trinajstić information content (AvgIpc) is 3.41. The van der Waals surface area contributed by atoms with Crippen molar-refractivity contribution < 1.29 is 9.59 Å². The van der Waals surface area contributed by atoms with Gasteiger partial charge < -0.3 is 15.2 Å². The molecule has 0 saturated carbocycles. The second-order valence-corrected chi connectivity index (χ2v) is 9.55. The summed E-state index contributed by atoms with van der Waals surface area (Å²) >= 11 is 1.56. The Bertz CT molecular complexity index is 1080. The molecule has 1 atom stereocenters. The fraction of sp³-hybridized carbons (Fsp3) is 0.360. The fourth-order valence-corrected chi connectivity index (χ4v) is 4.94. The summed E-state index contributed by atoms with van der Waals surface area (Å²) in [7, 11) is 1.89. The molecule has 0 radical (unpaired) electrons.